The SMILES string of the molecule is CC1=C(C)CN(C2CCN(CC(C)C)CC2)CC1.CCCC.CCCN. The Labute approximate surface area is 165 Å². The van der Waals surface area contributed by atoms with E-state index in [1.165, 1.54) is 64.8 Å². The zero-order chi connectivity index (χ0) is 19.9. The summed E-state index contributed by atoms with van der Waals surface area (Å²) < 4.78 is 0. The zero-order valence-corrected chi connectivity index (χ0v) is 19.1. The molecule has 0 radical (unpaired) electrons. The van der Waals surface area contributed by atoms with E-state index in [9.17, 15) is 0 Å². The van der Waals surface area contributed by atoms with Crippen LogP contribution in [-0.4, -0.2) is 55.1 Å². The van der Waals surface area contributed by atoms with Crippen molar-refractivity contribution in [3.05, 3.63) is 11.1 Å². The summed E-state index contributed by atoms with van der Waals surface area (Å²) in [6.07, 6.45) is 7.77. The number of hydrogen-bond acceptors (Lipinski definition) is 3. The number of unbranched alkanes of at least 4 members (excludes halogenated alkanes) is 1. The van der Waals surface area contributed by atoms with Crippen LogP contribution in [0.5, 0.6) is 0 Å². The van der Waals surface area contributed by atoms with E-state index in [1.54, 1.807) is 11.1 Å². The van der Waals surface area contributed by atoms with Gasteiger partial charge in [-0.2, -0.15) is 0 Å². The molecular weight excluding hydrogens is 318 g/mol. The molecule has 0 aromatic rings. The highest BCUT2D eigenvalue weighted by Crippen LogP contribution is 2.24. The largest absolute Gasteiger partial charge is 0.330 e. The highest BCUT2D eigenvalue weighted by atomic mass is 15.2. The van der Waals surface area contributed by atoms with Gasteiger partial charge in [0.2, 0.25) is 0 Å². The van der Waals surface area contributed by atoms with Crippen LogP contribution in [0.25, 0.3) is 0 Å². The molecular formula is C23H49N3. The summed E-state index contributed by atoms with van der Waals surface area (Å²) in [4.78, 5) is 5.38. The van der Waals surface area contributed by atoms with Crippen molar-refractivity contribution < 1.29 is 0 Å². The first kappa shape index (κ1) is 25.6. The van der Waals surface area contributed by atoms with Crippen molar-refractivity contribution in [2.24, 2.45) is 11.7 Å². The molecule has 0 atom stereocenters. The van der Waals surface area contributed by atoms with E-state index in [2.05, 4.69) is 58.3 Å². The van der Waals surface area contributed by atoms with Gasteiger partial charge in [0.1, 0.15) is 0 Å². The second-order valence-corrected chi connectivity index (χ2v) is 8.50. The van der Waals surface area contributed by atoms with Gasteiger partial charge in [0.15, 0.2) is 0 Å². The van der Waals surface area contributed by atoms with Gasteiger partial charge in [0.05, 0.1) is 0 Å². The summed E-state index contributed by atoms with van der Waals surface area (Å²) in [6, 6.07) is 0.844. The number of nitrogens with zero attached hydrogens (tertiary/aromatic N) is 2. The predicted octanol–water partition coefficient (Wildman–Crippen LogP) is 5.31. The molecule has 0 aliphatic carbocycles. The van der Waals surface area contributed by atoms with Crippen LogP contribution in [0.4, 0.5) is 0 Å². The van der Waals surface area contributed by atoms with Crippen LogP contribution >= 0.6 is 0 Å². The molecule has 156 valence electrons. The molecule has 2 aliphatic rings. The number of piperidine rings is 1. The molecule has 2 aliphatic heterocycles. The third kappa shape index (κ3) is 11.4. The summed E-state index contributed by atoms with van der Waals surface area (Å²) in [5.74, 6) is 0.810. The van der Waals surface area contributed by atoms with Crippen molar-refractivity contribution in [3.63, 3.8) is 0 Å². The van der Waals surface area contributed by atoms with Crippen molar-refractivity contribution in [1.29, 1.82) is 0 Å². The van der Waals surface area contributed by atoms with Gasteiger partial charge < -0.3 is 10.6 Å². The maximum absolute atomic E-state index is 5.03. The smallest absolute Gasteiger partial charge is 0.0195 e. The van der Waals surface area contributed by atoms with Gasteiger partial charge in [-0.3, -0.25) is 4.90 Å². The minimum atomic E-state index is 0.810. The van der Waals surface area contributed by atoms with Gasteiger partial charge in [-0.1, -0.05) is 58.6 Å². The standard InChI is InChI=1S/C16H30N2.C4H10.C3H9N/c1-13(2)11-17-8-6-16(7-9-17)18-10-5-14(3)15(4)12-18;1-3-4-2;1-2-3-4/h13,16H,5-12H2,1-4H3;3-4H2,1-2H3;2-4H2,1H3. The van der Waals surface area contributed by atoms with E-state index in [1.807, 2.05) is 0 Å². The lowest BCUT2D eigenvalue weighted by Crippen LogP contribution is -2.47. The lowest BCUT2D eigenvalue weighted by atomic mass is 9.96. The summed E-state index contributed by atoms with van der Waals surface area (Å²) >= 11 is 0. The minimum absolute atomic E-state index is 0.810. The molecule has 1 fully saturated rings. The second-order valence-electron chi connectivity index (χ2n) is 8.50. The molecule has 3 heteroatoms. The number of hydrogen-bond donors (Lipinski definition) is 1. The fourth-order valence-electron chi connectivity index (χ4n) is 3.34. The van der Waals surface area contributed by atoms with Crippen LogP contribution in [0.3, 0.4) is 0 Å². The molecule has 26 heavy (non-hydrogen) atoms. The van der Waals surface area contributed by atoms with Gasteiger partial charge in [0, 0.05) is 25.7 Å². The topological polar surface area (TPSA) is 32.5 Å². The molecule has 0 bridgehead atoms. The molecule has 0 aromatic heterocycles. The van der Waals surface area contributed by atoms with Crippen LogP contribution < -0.4 is 5.73 Å². The predicted molar refractivity (Wildman–Crippen MR) is 119 cm³/mol. The summed E-state index contributed by atoms with van der Waals surface area (Å²) in [5.41, 5.74) is 8.27. The van der Waals surface area contributed by atoms with Gasteiger partial charge >= 0.3 is 0 Å². The van der Waals surface area contributed by atoms with Crippen molar-refractivity contribution in [2.75, 3.05) is 39.3 Å². The number of rotatable bonds is 5. The fourth-order valence-corrected chi connectivity index (χ4v) is 3.34. The summed E-state index contributed by atoms with van der Waals surface area (Å²) in [5, 5.41) is 0. The minimum Gasteiger partial charge on any atom is -0.330 e. The van der Waals surface area contributed by atoms with Crippen molar-refractivity contribution in [2.45, 2.75) is 93.0 Å². The first-order valence-electron chi connectivity index (χ1n) is 11.2. The van der Waals surface area contributed by atoms with Crippen molar-refractivity contribution in [1.82, 2.24) is 9.80 Å². The monoisotopic (exact) mass is 367 g/mol. The quantitative estimate of drug-likeness (QED) is 0.668. The highest BCUT2D eigenvalue weighted by Gasteiger charge is 2.26. The first-order chi connectivity index (χ1) is 12.4. The van der Waals surface area contributed by atoms with E-state index in [0.29, 0.717) is 0 Å². The average molecular weight is 368 g/mol. The van der Waals surface area contributed by atoms with Crippen LogP contribution in [0.15, 0.2) is 11.1 Å². The Morgan fingerprint density at radius 2 is 1.46 bits per heavy atom. The molecule has 3 nitrogen and oxygen atoms in total. The molecule has 2 N–H and O–H groups in total. The van der Waals surface area contributed by atoms with Gasteiger partial charge in [-0.15, -0.1) is 0 Å². The second kappa shape index (κ2) is 15.7. The Kier molecular flexibility index (Phi) is 15.4. The lowest BCUT2D eigenvalue weighted by Gasteiger charge is -2.41. The van der Waals surface area contributed by atoms with E-state index in [4.69, 9.17) is 5.73 Å². The van der Waals surface area contributed by atoms with Crippen LogP contribution in [0.2, 0.25) is 0 Å². The fraction of sp³-hybridized carbons (Fsp3) is 0.913. The Hall–Kier alpha value is -0.380. The lowest BCUT2D eigenvalue weighted by molar-refractivity contribution is 0.105. The van der Waals surface area contributed by atoms with Crippen molar-refractivity contribution in [3.8, 4) is 0 Å². The van der Waals surface area contributed by atoms with E-state index in [0.717, 1.165) is 24.9 Å². The molecule has 0 amide bonds. The van der Waals surface area contributed by atoms with Crippen LogP contribution in [-0.2, 0) is 0 Å². The number of nitrogens with two attached hydrogens (primary N) is 1. The summed E-state index contributed by atoms with van der Waals surface area (Å²) in [7, 11) is 0. The molecule has 0 aromatic carbocycles. The average Bonchev–Trinajstić information content (AvgIpc) is 2.64. The third-order valence-electron chi connectivity index (χ3n) is 5.43. The Balaban J connectivity index is 0.000000662. The van der Waals surface area contributed by atoms with Gasteiger partial charge in [0.25, 0.3) is 0 Å². The van der Waals surface area contributed by atoms with Gasteiger partial charge in [-0.05, 0) is 65.1 Å². The van der Waals surface area contributed by atoms with E-state index >= 15 is 0 Å². The molecule has 0 saturated carbocycles. The molecule has 0 spiro atoms. The molecule has 2 heterocycles. The normalized spacial score (nSPS) is 19.7. The van der Waals surface area contributed by atoms with E-state index < -0.39 is 0 Å². The van der Waals surface area contributed by atoms with Crippen molar-refractivity contribution >= 4 is 0 Å². The van der Waals surface area contributed by atoms with Gasteiger partial charge in [-0.25, -0.2) is 0 Å². The first-order valence-corrected chi connectivity index (χ1v) is 11.2. The maximum Gasteiger partial charge on any atom is 0.0195 e. The number of likely N-dealkylation sites (tertiary alicyclic amines) is 1. The zero-order valence-electron chi connectivity index (χ0n) is 19.1. The Morgan fingerprint density at radius 1 is 0.923 bits per heavy atom. The summed E-state index contributed by atoms with van der Waals surface area (Å²) in [6.45, 7) is 22.9. The molecule has 1 saturated heterocycles. The van der Waals surface area contributed by atoms with Crippen LogP contribution in [0.1, 0.15) is 87.0 Å². The molecule has 0 unspecified atom stereocenters. The molecule has 2 rings (SSSR count). The third-order valence-corrected chi connectivity index (χ3v) is 5.43. The van der Waals surface area contributed by atoms with E-state index in [-0.39, 0.29) is 0 Å². The highest BCUT2D eigenvalue weighted by molar-refractivity contribution is 5.15. The maximum atomic E-state index is 5.03. The Bertz CT molecular complexity index is 346. The van der Waals surface area contributed by atoms with Crippen LogP contribution in [0, 0.1) is 5.92 Å². The Morgan fingerprint density at radius 3 is 1.85 bits per heavy atom.